The van der Waals surface area contributed by atoms with E-state index in [1.165, 1.54) is 0 Å². The van der Waals surface area contributed by atoms with Crippen molar-refractivity contribution in [1.82, 2.24) is 9.88 Å². The Kier molecular flexibility index (Phi) is 3.45. The van der Waals surface area contributed by atoms with Gasteiger partial charge in [0.1, 0.15) is 0 Å². The van der Waals surface area contributed by atoms with Gasteiger partial charge in [0.15, 0.2) is 5.78 Å². The third kappa shape index (κ3) is 2.42. The van der Waals surface area contributed by atoms with Crippen molar-refractivity contribution < 1.29 is 9.59 Å². The van der Waals surface area contributed by atoms with Crippen molar-refractivity contribution in [3.8, 4) is 0 Å². The first kappa shape index (κ1) is 12.7. The second-order valence-electron chi connectivity index (χ2n) is 5.13. The fourth-order valence-corrected chi connectivity index (χ4v) is 2.32. The van der Waals surface area contributed by atoms with Crippen LogP contribution in [0.4, 0.5) is 0 Å². The van der Waals surface area contributed by atoms with Crippen molar-refractivity contribution >= 4 is 11.7 Å². The number of likely N-dealkylation sites (tertiary alicyclic amines) is 1. The number of Topliss-reactive ketones (excluding diaryl/α,β-unsaturated/α-hetero) is 1. The first-order valence-electron chi connectivity index (χ1n) is 6.24. The zero-order valence-electron chi connectivity index (χ0n) is 10.8. The quantitative estimate of drug-likeness (QED) is 0.814. The Morgan fingerprint density at radius 3 is 2.61 bits per heavy atom. The molecule has 1 aliphatic rings. The van der Waals surface area contributed by atoms with E-state index >= 15 is 0 Å². The Morgan fingerprint density at radius 2 is 2.06 bits per heavy atom. The molecule has 1 aromatic rings. The lowest BCUT2D eigenvalue weighted by atomic mass is 10.00. The number of hydrogen-bond donors (Lipinski definition) is 0. The molecule has 96 valence electrons. The molecule has 18 heavy (non-hydrogen) atoms. The summed E-state index contributed by atoms with van der Waals surface area (Å²) in [6.45, 7) is 4.21. The fourth-order valence-electron chi connectivity index (χ4n) is 2.32. The van der Waals surface area contributed by atoms with Crippen molar-refractivity contribution in [2.45, 2.75) is 38.6 Å². The summed E-state index contributed by atoms with van der Waals surface area (Å²) in [6, 6.07) is 3.82. The van der Waals surface area contributed by atoms with E-state index in [1.807, 2.05) is 26.0 Å². The minimum atomic E-state index is -0.630. The van der Waals surface area contributed by atoms with Crippen LogP contribution in [-0.4, -0.2) is 33.7 Å². The highest BCUT2D eigenvalue weighted by Crippen LogP contribution is 2.25. The lowest BCUT2D eigenvalue weighted by Crippen LogP contribution is -2.46. The molecular formula is C14H18N2O2. The molecule has 4 heteroatoms. The number of carbonyl (C=O) groups excluding carboxylic acids is 2. The second kappa shape index (κ2) is 4.88. The van der Waals surface area contributed by atoms with E-state index in [-0.39, 0.29) is 11.7 Å². The van der Waals surface area contributed by atoms with Gasteiger partial charge in [0.25, 0.3) is 0 Å². The summed E-state index contributed by atoms with van der Waals surface area (Å²) in [5.41, 5.74) is 0.469. The summed E-state index contributed by atoms with van der Waals surface area (Å²) < 4.78 is 0. The third-order valence-electron chi connectivity index (χ3n) is 3.60. The van der Waals surface area contributed by atoms with Gasteiger partial charge in [-0.3, -0.25) is 14.6 Å². The number of carbonyl (C=O) groups is 2. The Labute approximate surface area is 107 Å². The van der Waals surface area contributed by atoms with Gasteiger partial charge in [-0.15, -0.1) is 0 Å². The molecule has 4 nitrogen and oxygen atoms in total. The molecular weight excluding hydrogens is 228 g/mol. The van der Waals surface area contributed by atoms with E-state index < -0.39 is 5.54 Å². The number of nitrogens with zero attached hydrogens (tertiary/aromatic N) is 2. The van der Waals surface area contributed by atoms with Gasteiger partial charge in [-0.1, -0.05) is 0 Å². The highest BCUT2D eigenvalue weighted by molar-refractivity contribution is 5.95. The van der Waals surface area contributed by atoms with Gasteiger partial charge in [-0.25, -0.2) is 0 Å². The molecule has 1 aromatic heterocycles. The molecule has 1 saturated heterocycles. The number of rotatable bonds is 3. The van der Waals surface area contributed by atoms with Crippen LogP contribution in [0.3, 0.4) is 0 Å². The Balaban J connectivity index is 1.95. The maximum atomic E-state index is 12.1. The highest BCUT2D eigenvalue weighted by atomic mass is 16.2. The minimum Gasteiger partial charge on any atom is -0.330 e. The van der Waals surface area contributed by atoms with Crippen LogP contribution in [0.15, 0.2) is 24.5 Å². The molecule has 0 unspecified atom stereocenters. The summed E-state index contributed by atoms with van der Waals surface area (Å²) >= 11 is 0. The van der Waals surface area contributed by atoms with Crippen LogP contribution in [0.25, 0.3) is 0 Å². The largest absolute Gasteiger partial charge is 0.330 e. The van der Waals surface area contributed by atoms with Crippen LogP contribution in [0.1, 0.15) is 32.3 Å². The van der Waals surface area contributed by atoms with Crippen molar-refractivity contribution in [2.75, 3.05) is 6.54 Å². The van der Waals surface area contributed by atoms with E-state index in [1.54, 1.807) is 17.3 Å². The standard InChI is InChI=1S/C14H18N2O2/c1-14(2)12(17)7-10-16(14)13(18)4-3-11-5-8-15-9-6-11/h5-6,8-9H,3-4,7,10H2,1-2H3. The number of hydrogen-bond acceptors (Lipinski definition) is 3. The predicted molar refractivity (Wildman–Crippen MR) is 68.0 cm³/mol. The highest BCUT2D eigenvalue weighted by Gasteiger charge is 2.42. The molecule has 1 amide bonds. The van der Waals surface area contributed by atoms with Crippen LogP contribution < -0.4 is 0 Å². The van der Waals surface area contributed by atoms with Crippen LogP contribution >= 0.6 is 0 Å². The van der Waals surface area contributed by atoms with Crippen LogP contribution in [0.5, 0.6) is 0 Å². The molecule has 0 N–H and O–H groups in total. The first-order chi connectivity index (χ1) is 8.51. The van der Waals surface area contributed by atoms with Crippen LogP contribution in [0.2, 0.25) is 0 Å². The second-order valence-corrected chi connectivity index (χ2v) is 5.13. The number of pyridine rings is 1. The maximum absolute atomic E-state index is 12.1. The smallest absolute Gasteiger partial charge is 0.223 e. The van der Waals surface area contributed by atoms with Gasteiger partial charge in [0.2, 0.25) is 5.91 Å². The average Bonchev–Trinajstić information content (AvgIpc) is 2.63. The first-order valence-corrected chi connectivity index (χ1v) is 6.24. The van der Waals surface area contributed by atoms with Crippen molar-refractivity contribution in [2.24, 2.45) is 0 Å². The molecule has 0 atom stereocenters. The summed E-state index contributed by atoms with van der Waals surface area (Å²) in [7, 11) is 0. The average molecular weight is 246 g/mol. The molecule has 1 aliphatic heterocycles. The summed E-state index contributed by atoms with van der Waals surface area (Å²) in [4.78, 5) is 29.5. The molecule has 0 aromatic carbocycles. The van der Waals surface area contributed by atoms with Gasteiger partial charge >= 0.3 is 0 Å². The van der Waals surface area contributed by atoms with E-state index in [2.05, 4.69) is 4.98 Å². The summed E-state index contributed by atoms with van der Waals surface area (Å²) in [5, 5.41) is 0. The zero-order valence-corrected chi connectivity index (χ0v) is 10.8. The number of aromatic nitrogens is 1. The van der Waals surface area contributed by atoms with Crippen molar-refractivity contribution in [3.63, 3.8) is 0 Å². The van der Waals surface area contributed by atoms with Gasteiger partial charge in [-0.2, -0.15) is 0 Å². The molecule has 0 saturated carbocycles. The third-order valence-corrected chi connectivity index (χ3v) is 3.60. The van der Waals surface area contributed by atoms with E-state index in [4.69, 9.17) is 0 Å². The molecule has 0 bridgehead atoms. The lowest BCUT2D eigenvalue weighted by Gasteiger charge is -2.30. The summed E-state index contributed by atoms with van der Waals surface area (Å²) in [5.74, 6) is 0.211. The monoisotopic (exact) mass is 246 g/mol. The Hall–Kier alpha value is -1.71. The fraction of sp³-hybridized carbons (Fsp3) is 0.500. The molecule has 0 radical (unpaired) electrons. The van der Waals surface area contributed by atoms with Gasteiger partial charge in [0, 0.05) is 31.8 Å². The molecule has 2 heterocycles. The van der Waals surface area contributed by atoms with Gasteiger partial charge in [-0.05, 0) is 38.0 Å². The van der Waals surface area contributed by atoms with E-state index in [0.717, 1.165) is 5.56 Å². The molecule has 0 aliphatic carbocycles. The van der Waals surface area contributed by atoms with E-state index in [9.17, 15) is 9.59 Å². The number of amides is 1. The molecule has 0 spiro atoms. The van der Waals surface area contributed by atoms with Crippen molar-refractivity contribution in [3.05, 3.63) is 30.1 Å². The summed E-state index contributed by atoms with van der Waals surface area (Å²) in [6.07, 6.45) is 5.07. The van der Waals surface area contributed by atoms with Crippen LogP contribution in [-0.2, 0) is 16.0 Å². The minimum absolute atomic E-state index is 0.0580. The Bertz CT molecular complexity index is 454. The van der Waals surface area contributed by atoms with Gasteiger partial charge in [0.05, 0.1) is 5.54 Å². The van der Waals surface area contributed by atoms with Crippen molar-refractivity contribution in [1.29, 1.82) is 0 Å². The SMILES string of the molecule is CC1(C)C(=O)CCN1C(=O)CCc1ccncc1. The Morgan fingerprint density at radius 1 is 1.39 bits per heavy atom. The predicted octanol–water partition coefficient (Wildman–Crippen LogP) is 1.59. The lowest BCUT2D eigenvalue weighted by molar-refractivity contribution is -0.138. The van der Waals surface area contributed by atoms with E-state index in [0.29, 0.717) is 25.8 Å². The van der Waals surface area contributed by atoms with Gasteiger partial charge < -0.3 is 4.90 Å². The molecule has 1 fully saturated rings. The maximum Gasteiger partial charge on any atom is 0.223 e. The van der Waals surface area contributed by atoms with Crippen LogP contribution in [0, 0.1) is 0 Å². The topological polar surface area (TPSA) is 50.3 Å². The molecule has 2 rings (SSSR count). The normalized spacial score (nSPS) is 18.1. The number of ketones is 1. The zero-order chi connectivity index (χ0) is 13.2. The number of aryl methyl sites for hydroxylation is 1.